The first kappa shape index (κ1) is 30.8. The van der Waals surface area contributed by atoms with E-state index < -0.39 is 0 Å². The van der Waals surface area contributed by atoms with Crippen molar-refractivity contribution in [2.24, 2.45) is 0 Å². The van der Waals surface area contributed by atoms with Crippen LogP contribution in [0.15, 0.2) is 76.7 Å². The molecule has 3 aromatic heterocycles. The van der Waals surface area contributed by atoms with Gasteiger partial charge in [0, 0.05) is 45.7 Å². The number of anilines is 1. The summed E-state index contributed by atoms with van der Waals surface area (Å²) < 4.78 is 3.67. The van der Waals surface area contributed by atoms with Crippen molar-refractivity contribution < 1.29 is 9.90 Å². The van der Waals surface area contributed by atoms with Gasteiger partial charge in [-0.05, 0) is 48.2 Å². The number of hydrogen-bond donors (Lipinski definition) is 3. The number of aromatic hydroxyl groups is 1. The van der Waals surface area contributed by atoms with Gasteiger partial charge < -0.3 is 10.4 Å². The van der Waals surface area contributed by atoms with Gasteiger partial charge in [-0.25, -0.2) is 9.48 Å². The lowest BCUT2D eigenvalue weighted by atomic mass is 9.92. The topological polar surface area (TPSA) is 109 Å². The molecule has 12 heteroatoms. The third-order valence-electron chi connectivity index (χ3n) is 6.88. The average Bonchev–Trinajstić information content (AvgIpc) is 3.59. The van der Waals surface area contributed by atoms with Crippen molar-refractivity contribution in [3.8, 4) is 11.4 Å². The van der Waals surface area contributed by atoms with Crippen LogP contribution in [0, 0.1) is 0 Å². The Hall–Kier alpha value is -3.67. The van der Waals surface area contributed by atoms with E-state index in [2.05, 4.69) is 61.0 Å². The molecule has 0 saturated heterocycles. The van der Waals surface area contributed by atoms with Crippen LogP contribution in [0.25, 0.3) is 11.3 Å². The largest absolute Gasteiger partial charge is 0.506 e. The molecule has 224 valence electrons. The van der Waals surface area contributed by atoms with Crippen molar-refractivity contribution in [2.45, 2.75) is 55.4 Å². The summed E-state index contributed by atoms with van der Waals surface area (Å²) in [6.45, 7) is 8.75. The SMILES string of the molecule is CSCC(C)(C)c1cc(NC(=O)NCc2ccccc2Sc2ccc3nnc(C(C)C)n3c2)n(-c2ccc(O)c(Cl)c2)n1. The molecular formula is C31H34ClN7O2S2. The van der Waals surface area contributed by atoms with E-state index in [1.54, 1.807) is 40.3 Å². The Morgan fingerprint density at radius 1 is 1.09 bits per heavy atom. The van der Waals surface area contributed by atoms with Crippen LogP contribution in [0.5, 0.6) is 5.75 Å². The highest BCUT2D eigenvalue weighted by Gasteiger charge is 2.26. The number of nitrogens with zero attached hydrogens (tertiary/aromatic N) is 5. The van der Waals surface area contributed by atoms with Gasteiger partial charge in [0.15, 0.2) is 5.65 Å². The van der Waals surface area contributed by atoms with Crippen LogP contribution in [-0.4, -0.2) is 47.5 Å². The van der Waals surface area contributed by atoms with Crippen LogP contribution < -0.4 is 10.6 Å². The number of carbonyl (C=O) groups is 1. The van der Waals surface area contributed by atoms with Gasteiger partial charge in [-0.3, -0.25) is 9.72 Å². The molecule has 3 heterocycles. The van der Waals surface area contributed by atoms with E-state index in [1.165, 1.54) is 6.07 Å². The molecule has 43 heavy (non-hydrogen) atoms. The lowest BCUT2D eigenvalue weighted by Crippen LogP contribution is -2.29. The summed E-state index contributed by atoms with van der Waals surface area (Å²) in [6, 6.07) is 18.3. The monoisotopic (exact) mass is 635 g/mol. The molecule has 0 fully saturated rings. The molecule has 0 bridgehead atoms. The second kappa shape index (κ2) is 12.9. The van der Waals surface area contributed by atoms with Crippen LogP contribution >= 0.6 is 35.1 Å². The number of hydrogen-bond acceptors (Lipinski definition) is 7. The molecule has 0 aliphatic heterocycles. The van der Waals surface area contributed by atoms with E-state index in [4.69, 9.17) is 16.7 Å². The summed E-state index contributed by atoms with van der Waals surface area (Å²) in [6.07, 6.45) is 4.11. The lowest BCUT2D eigenvalue weighted by molar-refractivity contribution is 0.251. The van der Waals surface area contributed by atoms with Crippen LogP contribution in [-0.2, 0) is 12.0 Å². The number of phenolic OH excluding ortho intramolecular Hbond substituents is 1. The Morgan fingerprint density at radius 2 is 1.88 bits per heavy atom. The number of halogens is 1. The third-order valence-corrected chi connectivity index (χ3v) is 9.29. The Morgan fingerprint density at radius 3 is 2.63 bits per heavy atom. The fourth-order valence-corrected chi connectivity index (χ4v) is 6.63. The van der Waals surface area contributed by atoms with Gasteiger partial charge in [0.1, 0.15) is 17.4 Å². The van der Waals surface area contributed by atoms with Gasteiger partial charge >= 0.3 is 6.03 Å². The van der Waals surface area contributed by atoms with E-state index in [0.29, 0.717) is 18.1 Å². The average molecular weight is 636 g/mol. The molecule has 2 amide bonds. The quantitative estimate of drug-likeness (QED) is 0.146. The number of benzene rings is 2. The molecule has 5 rings (SSSR count). The van der Waals surface area contributed by atoms with E-state index in [0.717, 1.165) is 38.3 Å². The first-order valence-corrected chi connectivity index (χ1v) is 16.4. The number of urea groups is 1. The highest BCUT2D eigenvalue weighted by molar-refractivity contribution is 7.99. The number of carbonyl (C=O) groups excluding carboxylic acids is 1. The fraction of sp³-hybridized carbons (Fsp3) is 0.290. The van der Waals surface area contributed by atoms with Crippen molar-refractivity contribution in [2.75, 3.05) is 17.3 Å². The number of rotatable bonds is 10. The Balaban J connectivity index is 1.34. The lowest BCUT2D eigenvalue weighted by Gasteiger charge is -2.20. The highest BCUT2D eigenvalue weighted by Crippen LogP contribution is 2.33. The maximum Gasteiger partial charge on any atom is 0.320 e. The number of aromatic nitrogens is 5. The molecule has 2 aromatic carbocycles. The molecule has 3 N–H and O–H groups in total. The summed E-state index contributed by atoms with van der Waals surface area (Å²) in [7, 11) is 0. The number of amides is 2. The molecule has 0 spiro atoms. The summed E-state index contributed by atoms with van der Waals surface area (Å²) >= 11 is 9.55. The van der Waals surface area contributed by atoms with Crippen LogP contribution in [0.2, 0.25) is 5.02 Å². The predicted molar refractivity (Wildman–Crippen MR) is 175 cm³/mol. The molecule has 0 unspecified atom stereocenters. The van der Waals surface area contributed by atoms with E-state index in [9.17, 15) is 9.90 Å². The number of fused-ring (bicyclic) bond motifs is 1. The minimum atomic E-state index is -0.368. The minimum absolute atomic E-state index is 0.0220. The summed E-state index contributed by atoms with van der Waals surface area (Å²) in [5.74, 6) is 2.49. The van der Waals surface area contributed by atoms with Crippen LogP contribution in [0.1, 0.15) is 50.7 Å². The third kappa shape index (κ3) is 6.95. The molecule has 0 atom stereocenters. The smallest absolute Gasteiger partial charge is 0.320 e. The molecule has 0 aliphatic rings. The maximum absolute atomic E-state index is 13.2. The van der Waals surface area contributed by atoms with E-state index in [-0.39, 0.29) is 28.1 Å². The molecular weight excluding hydrogens is 602 g/mol. The molecule has 9 nitrogen and oxygen atoms in total. The van der Waals surface area contributed by atoms with Gasteiger partial charge in [-0.1, -0.05) is 69.3 Å². The van der Waals surface area contributed by atoms with Crippen molar-refractivity contribution in [3.63, 3.8) is 0 Å². The summed E-state index contributed by atoms with van der Waals surface area (Å²) in [4.78, 5) is 15.3. The predicted octanol–water partition coefficient (Wildman–Crippen LogP) is 7.51. The van der Waals surface area contributed by atoms with Crippen molar-refractivity contribution in [1.82, 2.24) is 29.7 Å². The standard InChI is InChI=1S/C31H34ClN7O2S2/c1-19(2)29-36-35-27-13-11-22(17-38(27)29)43-25-9-7-6-8-20(25)16-33-30(41)34-28-15-26(31(3,4)18-42-5)37-39(28)21-10-12-24(40)23(32)14-21/h6-15,17,19,40H,16,18H2,1-5H3,(H2,33,34,41). The maximum atomic E-state index is 13.2. The van der Waals surface area contributed by atoms with Crippen molar-refractivity contribution >= 4 is 52.6 Å². The van der Waals surface area contributed by atoms with Crippen LogP contribution in [0.3, 0.4) is 0 Å². The zero-order chi connectivity index (χ0) is 30.7. The van der Waals surface area contributed by atoms with Gasteiger partial charge in [-0.2, -0.15) is 16.9 Å². The molecule has 0 aliphatic carbocycles. The van der Waals surface area contributed by atoms with Gasteiger partial charge in [-0.15, -0.1) is 10.2 Å². The fourth-order valence-electron chi connectivity index (χ4n) is 4.62. The first-order chi connectivity index (χ1) is 20.6. The Kier molecular flexibility index (Phi) is 9.24. The van der Waals surface area contributed by atoms with Gasteiger partial charge in [0.05, 0.1) is 16.4 Å². The van der Waals surface area contributed by atoms with Crippen molar-refractivity contribution in [1.29, 1.82) is 0 Å². The Bertz CT molecular complexity index is 1770. The number of phenols is 1. The van der Waals surface area contributed by atoms with E-state index >= 15 is 0 Å². The normalized spacial score (nSPS) is 11.8. The molecule has 5 aromatic rings. The van der Waals surface area contributed by atoms with Crippen molar-refractivity contribution in [3.05, 3.63) is 89.0 Å². The molecule has 0 radical (unpaired) electrons. The number of pyridine rings is 1. The zero-order valence-corrected chi connectivity index (χ0v) is 27.0. The van der Waals surface area contributed by atoms with Crippen LogP contribution in [0.4, 0.5) is 10.6 Å². The number of thioether (sulfide) groups is 1. The number of nitrogens with one attached hydrogen (secondary N) is 2. The minimum Gasteiger partial charge on any atom is -0.506 e. The first-order valence-electron chi connectivity index (χ1n) is 13.8. The van der Waals surface area contributed by atoms with Gasteiger partial charge in [0.2, 0.25) is 0 Å². The Labute approximate surface area is 264 Å². The molecule has 0 saturated carbocycles. The second-order valence-electron chi connectivity index (χ2n) is 11.1. The highest BCUT2D eigenvalue weighted by atomic mass is 35.5. The summed E-state index contributed by atoms with van der Waals surface area (Å²) in [5, 5.41) is 29.5. The zero-order valence-electron chi connectivity index (χ0n) is 24.6. The van der Waals surface area contributed by atoms with E-state index in [1.807, 2.05) is 46.9 Å². The second-order valence-corrected chi connectivity index (χ2v) is 13.5. The van der Waals surface area contributed by atoms with Gasteiger partial charge in [0.25, 0.3) is 0 Å². The summed E-state index contributed by atoms with van der Waals surface area (Å²) in [5.41, 5.74) is 3.01.